The van der Waals surface area contributed by atoms with Crippen LogP contribution in [0.3, 0.4) is 0 Å². The van der Waals surface area contributed by atoms with Crippen LogP contribution in [0, 0.1) is 11.3 Å². The summed E-state index contributed by atoms with van der Waals surface area (Å²) in [6.07, 6.45) is 1.99. The Hall–Kier alpha value is -2.55. The lowest BCUT2D eigenvalue weighted by Crippen LogP contribution is -2.40. The highest BCUT2D eigenvalue weighted by Crippen LogP contribution is 2.18. The van der Waals surface area contributed by atoms with Gasteiger partial charge in [0.05, 0.1) is 17.8 Å². The minimum Gasteiger partial charge on any atom is -0.335 e. The number of hydrogen-bond acceptors (Lipinski definition) is 3. The maximum absolute atomic E-state index is 11.6. The fraction of sp³-hybridized carbons (Fsp3) is 0.308. The van der Waals surface area contributed by atoms with Crippen LogP contribution in [0.2, 0.25) is 0 Å². The van der Waals surface area contributed by atoms with Crippen molar-refractivity contribution in [3.8, 4) is 6.07 Å². The van der Waals surface area contributed by atoms with E-state index < -0.39 is 0 Å². The molecule has 2 rings (SSSR count). The standard InChI is InChI=1S/C13H14N4O2/c14-7-9-3-1-2-4-11(9)17-12(18)8-15-13(19)16-10-5-6-10/h1-4,10H,5-6,8H2,(H,17,18)(H2,15,16,19). The van der Waals surface area contributed by atoms with E-state index in [4.69, 9.17) is 5.26 Å². The molecule has 1 aliphatic rings. The Morgan fingerprint density at radius 2 is 2.05 bits per heavy atom. The molecule has 1 aromatic rings. The van der Waals surface area contributed by atoms with Gasteiger partial charge in [0, 0.05) is 6.04 Å². The largest absolute Gasteiger partial charge is 0.335 e. The molecule has 0 radical (unpaired) electrons. The van der Waals surface area contributed by atoms with Gasteiger partial charge in [-0.15, -0.1) is 0 Å². The normalized spacial score (nSPS) is 13.2. The zero-order chi connectivity index (χ0) is 13.7. The third-order valence-electron chi connectivity index (χ3n) is 2.64. The number of urea groups is 1. The van der Waals surface area contributed by atoms with Crippen LogP contribution in [-0.4, -0.2) is 24.5 Å². The molecule has 0 bridgehead atoms. The van der Waals surface area contributed by atoms with E-state index in [1.807, 2.05) is 6.07 Å². The van der Waals surface area contributed by atoms with Crippen LogP contribution in [0.4, 0.5) is 10.5 Å². The highest BCUT2D eigenvalue weighted by Gasteiger charge is 2.23. The lowest BCUT2D eigenvalue weighted by atomic mass is 10.2. The number of para-hydroxylation sites is 1. The first-order valence-corrected chi connectivity index (χ1v) is 6.02. The maximum atomic E-state index is 11.6. The Morgan fingerprint density at radius 3 is 2.74 bits per heavy atom. The highest BCUT2D eigenvalue weighted by molar-refractivity contribution is 5.95. The molecular formula is C13H14N4O2. The fourth-order valence-electron chi connectivity index (χ4n) is 1.51. The molecule has 19 heavy (non-hydrogen) atoms. The van der Waals surface area contributed by atoms with E-state index in [1.54, 1.807) is 24.3 Å². The van der Waals surface area contributed by atoms with E-state index in [9.17, 15) is 9.59 Å². The number of amides is 3. The topological polar surface area (TPSA) is 94.0 Å². The summed E-state index contributed by atoms with van der Waals surface area (Å²) in [5.74, 6) is -0.367. The first-order chi connectivity index (χ1) is 9.19. The van der Waals surface area contributed by atoms with Gasteiger partial charge in [0.25, 0.3) is 0 Å². The van der Waals surface area contributed by atoms with Crippen LogP contribution in [0.1, 0.15) is 18.4 Å². The van der Waals surface area contributed by atoms with Crippen molar-refractivity contribution < 1.29 is 9.59 Å². The summed E-state index contributed by atoms with van der Waals surface area (Å²) in [4.78, 5) is 22.9. The van der Waals surface area contributed by atoms with Gasteiger partial charge in [-0.1, -0.05) is 12.1 Å². The molecule has 0 aliphatic heterocycles. The predicted octanol–water partition coefficient (Wildman–Crippen LogP) is 0.958. The molecule has 3 N–H and O–H groups in total. The number of anilines is 1. The number of nitriles is 1. The molecule has 0 unspecified atom stereocenters. The van der Waals surface area contributed by atoms with Crippen molar-refractivity contribution in [2.75, 3.05) is 11.9 Å². The van der Waals surface area contributed by atoms with Crippen molar-refractivity contribution in [1.82, 2.24) is 10.6 Å². The Balaban J connectivity index is 1.80. The second-order valence-corrected chi connectivity index (χ2v) is 4.31. The van der Waals surface area contributed by atoms with Crippen molar-refractivity contribution in [2.45, 2.75) is 18.9 Å². The van der Waals surface area contributed by atoms with Gasteiger partial charge in [0.15, 0.2) is 0 Å². The van der Waals surface area contributed by atoms with Crippen molar-refractivity contribution >= 4 is 17.6 Å². The number of carbonyl (C=O) groups is 2. The average molecular weight is 258 g/mol. The van der Waals surface area contributed by atoms with Gasteiger partial charge in [-0.25, -0.2) is 4.79 Å². The van der Waals surface area contributed by atoms with Gasteiger partial charge in [-0.05, 0) is 25.0 Å². The molecule has 3 amide bonds. The van der Waals surface area contributed by atoms with Crippen LogP contribution < -0.4 is 16.0 Å². The van der Waals surface area contributed by atoms with Crippen molar-refractivity contribution in [1.29, 1.82) is 5.26 Å². The van der Waals surface area contributed by atoms with Gasteiger partial charge >= 0.3 is 6.03 Å². The van der Waals surface area contributed by atoms with E-state index in [2.05, 4.69) is 16.0 Å². The summed E-state index contributed by atoms with van der Waals surface area (Å²) in [6.45, 7) is -0.127. The highest BCUT2D eigenvalue weighted by atomic mass is 16.2. The Bertz CT molecular complexity index is 532. The molecule has 1 fully saturated rings. The first-order valence-electron chi connectivity index (χ1n) is 6.02. The molecule has 1 aromatic carbocycles. The van der Waals surface area contributed by atoms with Gasteiger partial charge in [-0.2, -0.15) is 5.26 Å². The average Bonchev–Trinajstić information content (AvgIpc) is 3.21. The molecule has 0 saturated heterocycles. The van der Waals surface area contributed by atoms with E-state index in [0.717, 1.165) is 12.8 Å². The van der Waals surface area contributed by atoms with Gasteiger partial charge in [-0.3, -0.25) is 4.79 Å². The molecular weight excluding hydrogens is 244 g/mol. The van der Waals surface area contributed by atoms with Gasteiger partial charge in [0.2, 0.25) is 5.91 Å². The fourth-order valence-corrected chi connectivity index (χ4v) is 1.51. The van der Waals surface area contributed by atoms with E-state index in [0.29, 0.717) is 11.3 Å². The summed E-state index contributed by atoms with van der Waals surface area (Å²) >= 11 is 0. The number of nitrogens with zero attached hydrogens (tertiary/aromatic N) is 1. The van der Waals surface area contributed by atoms with Crippen LogP contribution in [0.5, 0.6) is 0 Å². The molecule has 0 atom stereocenters. The molecule has 0 spiro atoms. The number of benzene rings is 1. The van der Waals surface area contributed by atoms with Crippen molar-refractivity contribution in [2.24, 2.45) is 0 Å². The number of carbonyl (C=O) groups excluding carboxylic acids is 2. The minimum absolute atomic E-state index is 0.127. The van der Waals surface area contributed by atoms with Gasteiger partial charge < -0.3 is 16.0 Å². The third-order valence-corrected chi connectivity index (χ3v) is 2.64. The first kappa shape index (κ1) is 12.9. The lowest BCUT2D eigenvalue weighted by Gasteiger charge is -2.08. The van der Waals surface area contributed by atoms with E-state index in [1.165, 1.54) is 0 Å². The molecule has 1 saturated carbocycles. The molecule has 6 heteroatoms. The summed E-state index contributed by atoms with van der Waals surface area (Å²) in [7, 11) is 0. The zero-order valence-corrected chi connectivity index (χ0v) is 10.3. The summed E-state index contributed by atoms with van der Waals surface area (Å²) in [6, 6.07) is 8.59. The van der Waals surface area contributed by atoms with Crippen LogP contribution >= 0.6 is 0 Å². The molecule has 98 valence electrons. The predicted molar refractivity (Wildman–Crippen MR) is 69.3 cm³/mol. The van der Waals surface area contributed by atoms with E-state index >= 15 is 0 Å². The van der Waals surface area contributed by atoms with Crippen molar-refractivity contribution in [3.05, 3.63) is 29.8 Å². The number of hydrogen-bond donors (Lipinski definition) is 3. The Kier molecular flexibility index (Phi) is 3.98. The lowest BCUT2D eigenvalue weighted by molar-refractivity contribution is -0.115. The van der Waals surface area contributed by atoms with Crippen LogP contribution in [0.15, 0.2) is 24.3 Å². The second kappa shape index (κ2) is 5.87. The van der Waals surface area contributed by atoms with Gasteiger partial charge in [0.1, 0.15) is 6.07 Å². The summed E-state index contributed by atoms with van der Waals surface area (Å²) in [5, 5.41) is 16.6. The zero-order valence-electron chi connectivity index (χ0n) is 10.3. The molecule has 0 heterocycles. The number of nitrogens with one attached hydrogen (secondary N) is 3. The van der Waals surface area contributed by atoms with Crippen LogP contribution in [0.25, 0.3) is 0 Å². The van der Waals surface area contributed by atoms with E-state index in [-0.39, 0.29) is 24.5 Å². The minimum atomic E-state index is -0.367. The quantitative estimate of drug-likeness (QED) is 0.750. The molecule has 0 aromatic heterocycles. The second-order valence-electron chi connectivity index (χ2n) is 4.31. The SMILES string of the molecule is N#Cc1ccccc1NC(=O)CNC(=O)NC1CC1. The van der Waals surface area contributed by atoms with Crippen molar-refractivity contribution in [3.63, 3.8) is 0 Å². The molecule has 6 nitrogen and oxygen atoms in total. The Labute approximate surface area is 110 Å². The Morgan fingerprint density at radius 1 is 1.32 bits per heavy atom. The summed E-state index contributed by atoms with van der Waals surface area (Å²) in [5.41, 5.74) is 0.831. The monoisotopic (exact) mass is 258 g/mol. The third kappa shape index (κ3) is 4.00. The maximum Gasteiger partial charge on any atom is 0.315 e. The number of rotatable bonds is 4. The summed E-state index contributed by atoms with van der Waals surface area (Å²) < 4.78 is 0. The smallest absolute Gasteiger partial charge is 0.315 e. The molecule has 1 aliphatic carbocycles. The van der Waals surface area contributed by atoms with Crippen LogP contribution in [-0.2, 0) is 4.79 Å².